The van der Waals surface area contributed by atoms with Gasteiger partial charge < -0.3 is 4.42 Å². The Morgan fingerprint density at radius 3 is 2.64 bits per heavy atom. The fourth-order valence-electron chi connectivity index (χ4n) is 3.60. The Morgan fingerprint density at radius 2 is 1.84 bits per heavy atom. The molecule has 0 spiro atoms. The van der Waals surface area contributed by atoms with Crippen LogP contribution < -0.4 is 5.49 Å². The number of aromatic nitrogens is 1. The molecule has 0 amide bonds. The van der Waals surface area contributed by atoms with E-state index < -0.39 is 0 Å². The highest BCUT2D eigenvalue weighted by atomic mass is 16.3. The van der Waals surface area contributed by atoms with Gasteiger partial charge in [0.25, 0.3) is 5.91 Å². The number of hydrogen-bond donors (Lipinski definition) is 0. The van der Waals surface area contributed by atoms with Gasteiger partial charge in [0.2, 0.25) is 0 Å². The van der Waals surface area contributed by atoms with Gasteiger partial charge in [-0.1, -0.05) is 43.5 Å². The summed E-state index contributed by atoms with van der Waals surface area (Å²) in [5, 5.41) is 0.980. The first-order valence-corrected chi connectivity index (χ1v) is 8.98. The van der Waals surface area contributed by atoms with E-state index in [4.69, 9.17) is 9.41 Å². The van der Waals surface area contributed by atoms with Crippen molar-refractivity contribution in [3.63, 3.8) is 0 Å². The first kappa shape index (κ1) is 15.9. The third kappa shape index (κ3) is 3.04. The van der Waals surface area contributed by atoms with Crippen molar-refractivity contribution in [1.82, 2.24) is 4.57 Å². The molecular formula is C21H22N2O2. The zero-order valence-electron chi connectivity index (χ0n) is 14.4. The van der Waals surface area contributed by atoms with E-state index >= 15 is 0 Å². The Hall–Kier alpha value is -2.62. The summed E-state index contributed by atoms with van der Waals surface area (Å²) in [5.41, 5.74) is 2.32. The molecule has 0 N–H and O–H groups in total. The molecule has 0 bridgehead atoms. The molecule has 0 unspecified atom stereocenters. The van der Waals surface area contributed by atoms with E-state index in [9.17, 15) is 4.79 Å². The van der Waals surface area contributed by atoms with Crippen molar-refractivity contribution < 1.29 is 9.21 Å². The van der Waals surface area contributed by atoms with Crippen LogP contribution in [-0.4, -0.2) is 16.5 Å². The van der Waals surface area contributed by atoms with E-state index in [0.29, 0.717) is 17.3 Å². The minimum Gasteiger partial charge on any atom is -0.451 e. The van der Waals surface area contributed by atoms with E-state index in [1.807, 2.05) is 49.4 Å². The van der Waals surface area contributed by atoms with Crippen LogP contribution in [0.2, 0.25) is 0 Å². The van der Waals surface area contributed by atoms with Gasteiger partial charge in [-0.05, 0) is 38.0 Å². The van der Waals surface area contributed by atoms with Crippen molar-refractivity contribution in [2.75, 3.05) is 0 Å². The number of carbonyl (C=O) groups is 1. The minimum atomic E-state index is -0.163. The highest BCUT2D eigenvalue weighted by Gasteiger charge is 2.20. The molecule has 0 saturated heterocycles. The Kier molecular flexibility index (Phi) is 4.26. The number of hydrogen-bond acceptors (Lipinski definition) is 3. The van der Waals surface area contributed by atoms with Gasteiger partial charge in [-0.3, -0.25) is 14.4 Å². The van der Waals surface area contributed by atoms with Crippen molar-refractivity contribution in [1.29, 1.82) is 0 Å². The molecule has 1 saturated carbocycles. The lowest BCUT2D eigenvalue weighted by atomic mass is 9.96. The highest BCUT2D eigenvalue weighted by Crippen LogP contribution is 2.25. The number of carbonyl (C=O) groups excluding carboxylic acids is 1. The second kappa shape index (κ2) is 6.71. The van der Waals surface area contributed by atoms with Crippen LogP contribution in [0.15, 0.2) is 58.1 Å². The quantitative estimate of drug-likeness (QED) is 0.694. The molecule has 1 fully saturated rings. The zero-order chi connectivity index (χ0) is 17.2. The highest BCUT2D eigenvalue weighted by molar-refractivity contribution is 5.99. The average molecular weight is 334 g/mol. The maximum absolute atomic E-state index is 13.1. The maximum atomic E-state index is 13.1. The summed E-state index contributed by atoms with van der Waals surface area (Å²) >= 11 is 0. The standard InChI is InChI=1S/C21H22N2O2/c1-15-17-11-5-6-12-18(17)25-20(15)21(24)23-14-8-7-13-19(23)22-16-9-3-2-4-10-16/h5-8,11-14,16H,2-4,9-10H2,1H3. The summed E-state index contributed by atoms with van der Waals surface area (Å²) in [6, 6.07) is 13.7. The van der Waals surface area contributed by atoms with Crippen LogP contribution >= 0.6 is 0 Å². The number of pyridine rings is 1. The summed E-state index contributed by atoms with van der Waals surface area (Å²) in [6.07, 6.45) is 7.71. The molecule has 4 rings (SSSR count). The van der Waals surface area contributed by atoms with Crippen molar-refractivity contribution in [3.05, 3.63) is 65.5 Å². The summed E-state index contributed by atoms with van der Waals surface area (Å²) in [5.74, 6) is 0.223. The van der Waals surface area contributed by atoms with Crippen LogP contribution in [-0.2, 0) is 0 Å². The summed E-state index contributed by atoms with van der Waals surface area (Å²) in [4.78, 5) is 18.0. The second-order valence-corrected chi connectivity index (χ2v) is 6.71. The van der Waals surface area contributed by atoms with Crippen molar-refractivity contribution >= 4 is 16.9 Å². The Bertz CT molecular complexity index is 975. The predicted octanol–water partition coefficient (Wildman–Crippen LogP) is 4.46. The number of fused-ring (bicyclic) bond motifs is 1. The van der Waals surface area contributed by atoms with Gasteiger partial charge in [0.1, 0.15) is 11.1 Å². The third-order valence-electron chi connectivity index (χ3n) is 4.98. The summed E-state index contributed by atoms with van der Waals surface area (Å²) < 4.78 is 7.46. The molecule has 1 aromatic carbocycles. The van der Waals surface area contributed by atoms with Crippen LogP contribution in [0.3, 0.4) is 0 Å². The van der Waals surface area contributed by atoms with Gasteiger partial charge in [0.05, 0.1) is 6.04 Å². The molecule has 25 heavy (non-hydrogen) atoms. The minimum absolute atomic E-state index is 0.163. The van der Waals surface area contributed by atoms with Gasteiger partial charge in [-0.15, -0.1) is 0 Å². The summed E-state index contributed by atoms with van der Waals surface area (Å²) in [6.45, 7) is 1.93. The molecular weight excluding hydrogens is 312 g/mol. The number of benzene rings is 1. The van der Waals surface area contributed by atoms with Crippen LogP contribution in [0.5, 0.6) is 0 Å². The van der Waals surface area contributed by atoms with Gasteiger partial charge in [0.15, 0.2) is 5.76 Å². The lowest BCUT2D eigenvalue weighted by Crippen LogP contribution is -2.29. The monoisotopic (exact) mass is 334 g/mol. The predicted molar refractivity (Wildman–Crippen MR) is 97.5 cm³/mol. The fourth-order valence-corrected chi connectivity index (χ4v) is 3.60. The molecule has 3 aromatic rings. The van der Waals surface area contributed by atoms with Gasteiger partial charge >= 0.3 is 0 Å². The molecule has 1 aliphatic rings. The molecule has 0 radical (unpaired) electrons. The van der Waals surface area contributed by atoms with Crippen molar-refractivity contribution in [2.24, 2.45) is 4.99 Å². The Labute approximate surface area is 146 Å². The lowest BCUT2D eigenvalue weighted by molar-refractivity contribution is 0.0928. The van der Waals surface area contributed by atoms with E-state index in [-0.39, 0.29) is 5.91 Å². The van der Waals surface area contributed by atoms with Gasteiger partial charge in [-0.2, -0.15) is 0 Å². The zero-order valence-corrected chi connectivity index (χ0v) is 14.4. The Morgan fingerprint density at radius 1 is 1.08 bits per heavy atom. The van der Waals surface area contributed by atoms with Gasteiger partial charge in [-0.25, -0.2) is 0 Å². The van der Waals surface area contributed by atoms with E-state index in [1.54, 1.807) is 10.8 Å². The molecule has 0 atom stereocenters. The number of furan rings is 1. The summed E-state index contributed by atoms with van der Waals surface area (Å²) in [7, 11) is 0. The largest absolute Gasteiger partial charge is 0.451 e. The van der Waals surface area contributed by atoms with Crippen LogP contribution in [0.1, 0.15) is 48.2 Å². The van der Waals surface area contributed by atoms with E-state index in [1.165, 1.54) is 19.3 Å². The molecule has 128 valence electrons. The number of aryl methyl sites for hydroxylation is 1. The first-order chi connectivity index (χ1) is 12.2. The van der Waals surface area contributed by atoms with Crippen LogP contribution in [0.25, 0.3) is 11.0 Å². The topological polar surface area (TPSA) is 47.5 Å². The molecule has 4 nitrogen and oxygen atoms in total. The molecule has 2 aromatic heterocycles. The first-order valence-electron chi connectivity index (χ1n) is 8.98. The second-order valence-electron chi connectivity index (χ2n) is 6.71. The Balaban J connectivity index is 1.77. The molecule has 4 heteroatoms. The SMILES string of the molecule is Cc1c(C(=O)n2ccccc2=NC2CCCCC2)oc2ccccc12. The van der Waals surface area contributed by atoms with Crippen LogP contribution in [0.4, 0.5) is 0 Å². The number of rotatable bonds is 2. The van der Waals surface area contributed by atoms with Crippen LogP contribution in [0, 0.1) is 6.92 Å². The smallest absolute Gasteiger partial charge is 0.299 e. The third-order valence-corrected chi connectivity index (χ3v) is 4.98. The normalized spacial score (nSPS) is 16.4. The van der Waals surface area contributed by atoms with Crippen molar-refractivity contribution in [3.8, 4) is 0 Å². The fraction of sp³-hybridized carbons (Fsp3) is 0.333. The van der Waals surface area contributed by atoms with Gasteiger partial charge in [0, 0.05) is 17.1 Å². The van der Waals surface area contributed by atoms with E-state index in [2.05, 4.69) is 0 Å². The maximum Gasteiger partial charge on any atom is 0.299 e. The average Bonchev–Trinajstić information content (AvgIpc) is 3.00. The molecule has 0 aliphatic heterocycles. The molecule has 1 aliphatic carbocycles. The molecule has 2 heterocycles. The van der Waals surface area contributed by atoms with Crippen molar-refractivity contribution in [2.45, 2.75) is 45.1 Å². The lowest BCUT2D eigenvalue weighted by Gasteiger charge is -2.17. The number of nitrogens with zero attached hydrogens (tertiary/aromatic N) is 2. The van der Waals surface area contributed by atoms with E-state index in [0.717, 1.165) is 29.4 Å². The number of para-hydroxylation sites is 1.